The summed E-state index contributed by atoms with van der Waals surface area (Å²) in [6, 6.07) is 0. The van der Waals surface area contributed by atoms with Crippen LogP contribution >= 0.6 is 0 Å². The highest BCUT2D eigenvalue weighted by atomic mass is 19.4. The first-order valence-electron chi connectivity index (χ1n) is 6.59. The highest BCUT2D eigenvalue weighted by Crippen LogP contribution is 2.54. The number of halogens is 8. The molecule has 150 valence electrons. The van der Waals surface area contributed by atoms with Gasteiger partial charge in [-0.2, -0.15) is 35.1 Å². The quantitative estimate of drug-likeness (QED) is 0.368. The highest BCUT2D eigenvalue weighted by molar-refractivity contribution is 5.88. The fourth-order valence-electron chi connectivity index (χ4n) is 1.35. The molecule has 0 spiro atoms. The van der Waals surface area contributed by atoms with Crippen molar-refractivity contribution >= 4 is 11.9 Å². The molecule has 2 atom stereocenters. The van der Waals surface area contributed by atoms with Crippen molar-refractivity contribution in [2.75, 3.05) is 0 Å². The minimum absolute atomic E-state index is 0.201. The molecule has 0 aliphatic rings. The second-order valence-corrected chi connectivity index (χ2v) is 5.29. The second kappa shape index (κ2) is 7.23. The third kappa shape index (κ3) is 4.15. The molecule has 0 radical (unpaired) electrons. The fraction of sp³-hybridized carbons (Fsp3) is 0.571. The van der Waals surface area contributed by atoms with Crippen LogP contribution in [0.3, 0.4) is 0 Å². The van der Waals surface area contributed by atoms with Crippen LogP contribution in [-0.2, 0) is 19.1 Å². The Morgan fingerprint density at radius 3 is 1.50 bits per heavy atom. The standard InChI is InChI=1S/C14H14F8O4/c1-6(2)9(23)25-8(5)11(15,26-10(24)7(3)4)12(16,17)13(18,19)14(20,21)22/h8H,1,3H2,2,4-5H3. The lowest BCUT2D eigenvalue weighted by Crippen LogP contribution is -2.67. The predicted molar refractivity (Wildman–Crippen MR) is 71.1 cm³/mol. The summed E-state index contributed by atoms with van der Waals surface area (Å²) >= 11 is 0. The number of alkyl halides is 8. The van der Waals surface area contributed by atoms with Crippen molar-refractivity contribution in [3.63, 3.8) is 0 Å². The summed E-state index contributed by atoms with van der Waals surface area (Å²) < 4.78 is 114. The van der Waals surface area contributed by atoms with Crippen LogP contribution in [0.2, 0.25) is 0 Å². The summed E-state index contributed by atoms with van der Waals surface area (Å²) in [7, 11) is 0. The Labute approximate surface area is 142 Å². The van der Waals surface area contributed by atoms with Crippen molar-refractivity contribution < 1.29 is 54.2 Å². The van der Waals surface area contributed by atoms with Gasteiger partial charge in [0.25, 0.3) is 0 Å². The molecule has 0 bridgehead atoms. The SMILES string of the molecule is C=C(C)C(=O)OC(C)C(F)(OC(=O)C(=C)C)C(F)(F)C(F)(F)C(F)(F)F. The van der Waals surface area contributed by atoms with Gasteiger partial charge in [-0.25, -0.2) is 9.59 Å². The van der Waals surface area contributed by atoms with Gasteiger partial charge >= 0.3 is 35.8 Å². The first-order chi connectivity index (χ1) is 11.3. The highest BCUT2D eigenvalue weighted by Gasteiger charge is 2.84. The van der Waals surface area contributed by atoms with Crippen molar-refractivity contribution in [2.45, 2.75) is 50.8 Å². The Kier molecular flexibility index (Phi) is 6.64. The molecule has 12 heteroatoms. The Morgan fingerprint density at radius 1 is 0.808 bits per heavy atom. The Bertz CT molecular complexity index is 611. The van der Waals surface area contributed by atoms with E-state index in [0.29, 0.717) is 0 Å². The maximum atomic E-state index is 14.7. The van der Waals surface area contributed by atoms with E-state index in [2.05, 4.69) is 22.6 Å². The molecule has 0 rings (SSSR count). The number of carbonyl (C=O) groups is 2. The molecule has 4 nitrogen and oxygen atoms in total. The number of rotatable bonds is 7. The lowest BCUT2D eigenvalue weighted by Gasteiger charge is -2.40. The van der Waals surface area contributed by atoms with E-state index in [0.717, 1.165) is 13.8 Å². The smallest absolute Gasteiger partial charge is 0.452 e. The van der Waals surface area contributed by atoms with Crippen LogP contribution in [0.15, 0.2) is 24.3 Å². The third-order valence-corrected chi connectivity index (χ3v) is 2.92. The molecule has 0 aliphatic carbocycles. The lowest BCUT2D eigenvalue weighted by atomic mass is 9.97. The maximum Gasteiger partial charge on any atom is 0.460 e. The summed E-state index contributed by atoms with van der Waals surface area (Å²) in [5.41, 5.74) is -1.31. The van der Waals surface area contributed by atoms with Gasteiger partial charge in [-0.15, -0.1) is 0 Å². The minimum Gasteiger partial charge on any atom is -0.452 e. The molecular weight excluding hydrogens is 384 g/mol. The monoisotopic (exact) mass is 398 g/mol. The molecule has 0 heterocycles. The molecule has 0 N–H and O–H groups in total. The first kappa shape index (κ1) is 23.9. The summed E-state index contributed by atoms with van der Waals surface area (Å²) in [4.78, 5) is 22.6. The Morgan fingerprint density at radius 2 is 1.19 bits per heavy atom. The average molecular weight is 398 g/mol. The number of carbonyl (C=O) groups excluding carboxylic acids is 2. The van der Waals surface area contributed by atoms with E-state index in [1.165, 1.54) is 0 Å². The zero-order valence-corrected chi connectivity index (χ0v) is 13.6. The molecule has 0 aromatic heterocycles. The third-order valence-electron chi connectivity index (χ3n) is 2.92. The van der Waals surface area contributed by atoms with E-state index in [9.17, 15) is 44.7 Å². The van der Waals surface area contributed by atoms with Crippen molar-refractivity contribution in [1.82, 2.24) is 0 Å². The maximum absolute atomic E-state index is 14.7. The van der Waals surface area contributed by atoms with Crippen LogP contribution in [0, 0.1) is 0 Å². The van der Waals surface area contributed by atoms with Gasteiger partial charge in [-0.05, 0) is 20.8 Å². The molecule has 0 fully saturated rings. The molecule has 0 saturated heterocycles. The average Bonchev–Trinajstić information content (AvgIpc) is 2.44. The van der Waals surface area contributed by atoms with E-state index in [-0.39, 0.29) is 6.92 Å². The predicted octanol–water partition coefficient (Wildman–Crippen LogP) is 4.11. The van der Waals surface area contributed by atoms with Crippen LogP contribution in [-0.4, -0.2) is 41.9 Å². The van der Waals surface area contributed by atoms with Gasteiger partial charge in [0.1, 0.15) is 0 Å². The van der Waals surface area contributed by atoms with Gasteiger partial charge in [0, 0.05) is 11.1 Å². The number of hydrogen-bond donors (Lipinski definition) is 0. The molecule has 26 heavy (non-hydrogen) atoms. The van der Waals surface area contributed by atoms with E-state index >= 15 is 0 Å². The van der Waals surface area contributed by atoms with Crippen LogP contribution < -0.4 is 0 Å². The van der Waals surface area contributed by atoms with Crippen LogP contribution in [0.1, 0.15) is 20.8 Å². The molecule has 0 aliphatic heterocycles. The van der Waals surface area contributed by atoms with E-state index in [1.807, 2.05) is 0 Å². The van der Waals surface area contributed by atoms with Crippen molar-refractivity contribution in [1.29, 1.82) is 0 Å². The largest absolute Gasteiger partial charge is 0.460 e. The summed E-state index contributed by atoms with van der Waals surface area (Å²) in [5, 5.41) is 0. The molecule has 0 saturated carbocycles. The molecule has 0 aromatic rings. The number of hydrogen-bond acceptors (Lipinski definition) is 4. The number of esters is 2. The van der Waals surface area contributed by atoms with E-state index in [1.54, 1.807) is 0 Å². The zero-order valence-electron chi connectivity index (χ0n) is 13.6. The molecule has 0 amide bonds. The van der Waals surface area contributed by atoms with Gasteiger partial charge in [0.15, 0.2) is 6.10 Å². The summed E-state index contributed by atoms with van der Waals surface area (Å²) in [6.07, 6.45) is -9.99. The van der Waals surface area contributed by atoms with Gasteiger partial charge in [-0.3, -0.25) is 0 Å². The topological polar surface area (TPSA) is 52.6 Å². The molecule has 2 unspecified atom stereocenters. The summed E-state index contributed by atoms with van der Waals surface area (Å²) in [5.74, 6) is -22.7. The Hall–Kier alpha value is -2.14. The van der Waals surface area contributed by atoms with Crippen molar-refractivity contribution in [3.8, 4) is 0 Å². The van der Waals surface area contributed by atoms with Gasteiger partial charge in [0.05, 0.1) is 0 Å². The molecule has 0 aromatic carbocycles. The first-order valence-corrected chi connectivity index (χ1v) is 6.59. The van der Waals surface area contributed by atoms with Gasteiger partial charge in [0.2, 0.25) is 0 Å². The van der Waals surface area contributed by atoms with E-state index < -0.39 is 53.1 Å². The Balaban J connectivity index is 6.31. The van der Waals surface area contributed by atoms with Crippen LogP contribution in [0.4, 0.5) is 35.1 Å². The number of ether oxygens (including phenoxy) is 2. The minimum atomic E-state index is -6.98. The van der Waals surface area contributed by atoms with Crippen LogP contribution in [0.25, 0.3) is 0 Å². The second-order valence-electron chi connectivity index (χ2n) is 5.29. The fourth-order valence-corrected chi connectivity index (χ4v) is 1.35. The summed E-state index contributed by atoms with van der Waals surface area (Å²) in [6.45, 7) is 7.80. The van der Waals surface area contributed by atoms with E-state index in [4.69, 9.17) is 0 Å². The van der Waals surface area contributed by atoms with Crippen LogP contribution in [0.5, 0.6) is 0 Å². The van der Waals surface area contributed by atoms with Gasteiger partial charge in [-0.1, -0.05) is 13.2 Å². The normalized spacial score (nSPS) is 16.3. The van der Waals surface area contributed by atoms with Crippen molar-refractivity contribution in [3.05, 3.63) is 24.3 Å². The molecular formula is C14H14F8O4. The van der Waals surface area contributed by atoms with Crippen molar-refractivity contribution in [2.24, 2.45) is 0 Å². The lowest BCUT2D eigenvalue weighted by molar-refractivity contribution is -0.417. The van der Waals surface area contributed by atoms with Gasteiger partial charge < -0.3 is 9.47 Å². The zero-order chi connectivity index (χ0) is 21.3.